The predicted octanol–water partition coefficient (Wildman–Crippen LogP) is 3.88. The molecular formula is C22H21IN6O2S. The topological polar surface area (TPSA) is 98.3 Å². The molecule has 1 aliphatic heterocycles. The number of ether oxygens (including phenoxy) is 1. The molecule has 0 radical (unpaired) electrons. The lowest BCUT2D eigenvalue weighted by molar-refractivity contribution is 0.0963. The second-order valence-electron chi connectivity index (χ2n) is 7.51. The maximum atomic E-state index is 12.2. The van der Waals surface area contributed by atoms with E-state index < -0.39 is 0 Å². The Hall–Kier alpha value is -2.57. The third-order valence-corrected chi connectivity index (χ3v) is 7.38. The molecule has 5 rings (SSSR count). The predicted molar refractivity (Wildman–Crippen MR) is 138 cm³/mol. The van der Waals surface area contributed by atoms with Crippen LogP contribution < -0.4 is 16.0 Å². The Morgan fingerprint density at radius 3 is 2.75 bits per heavy atom. The molecule has 0 spiro atoms. The second kappa shape index (κ2) is 8.75. The molecule has 0 bridgehead atoms. The number of rotatable bonds is 4. The van der Waals surface area contributed by atoms with Gasteiger partial charge in [0.25, 0.3) is 5.91 Å². The van der Waals surface area contributed by atoms with Crippen LogP contribution in [0.2, 0.25) is 0 Å². The number of benzene rings is 1. The fraction of sp³-hybridized carbons (Fsp3) is 0.227. The van der Waals surface area contributed by atoms with Crippen LogP contribution in [0.1, 0.15) is 10.4 Å². The van der Waals surface area contributed by atoms with Crippen LogP contribution in [0, 0.1) is 0 Å². The van der Waals surface area contributed by atoms with Gasteiger partial charge in [0, 0.05) is 79.2 Å². The van der Waals surface area contributed by atoms with Gasteiger partial charge in [0.2, 0.25) is 0 Å². The summed E-state index contributed by atoms with van der Waals surface area (Å²) in [5.74, 6) is -0.162. The summed E-state index contributed by atoms with van der Waals surface area (Å²) < 4.78 is 7.53. The van der Waals surface area contributed by atoms with Crippen molar-refractivity contribution in [1.29, 1.82) is 0 Å². The van der Waals surface area contributed by atoms with Gasteiger partial charge in [0.15, 0.2) is 5.65 Å². The third kappa shape index (κ3) is 3.65. The number of aromatic nitrogens is 3. The molecule has 8 nitrogen and oxygen atoms in total. The number of carbonyl (C=O) groups is 1. The van der Waals surface area contributed by atoms with Gasteiger partial charge in [-0.2, -0.15) is 0 Å². The molecule has 0 unspecified atom stereocenters. The normalized spacial score (nSPS) is 14.2. The van der Waals surface area contributed by atoms with Crippen LogP contribution >= 0.6 is 30.3 Å². The molecule has 1 fully saturated rings. The van der Waals surface area contributed by atoms with E-state index >= 15 is 0 Å². The third-order valence-electron chi connectivity index (χ3n) is 5.68. The molecule has 32 heavy (non-hydrogen) atoms. The average molecular weight is 560 g/mol. The number of nitrogens with zero attached hydrogens (tertiary/aromatic N) is 4. The van der Waals surface area contributed by atoms with Crippen molar-refractivity contribution in [3.05, 3.63) is 48.4 Å². The number of fused-ring (bicyclic) bond motifs is 2. The van der Waals surface area contributed by atoms with Gasteiger partial charge in [0.05, 0.1) is 41.9 Å². The monoisotopic (exact) mass is 560 g/mol. The number of nitrogens with one attached hydrogen (secondary N) is 1. The lowest BCUT2D eigenvalue weighted by atomic mass is 10.0. The largest absolute Gasteiger partial charge is 0.396 e. The molecular weight excluding hydrogens is 539 g/mol. The van der Waals surface area contributed by atoms with Crippen molar-refractivity contribution in [2.24, 2.45) is 0 Å². The molecule has 3 aromatic heterocycles. The maximum Gasteiger partial charge on any atom is 0.252 e. The van der Waals surface area contributed by atoms with Crippen LogP contribution in [0.25, 0.3) is 33.1 Å². The smallest absolute Gasteiger partial charge is 0.252 e. The first-order valence-electron chi connectivity index (χ1n) is 10.1. The molecule has 1 saturated heterocycles. The van der Waals surface area contributed by atoms with Crippen molar-refractivity contribution in [3.63, 3.8) is 0 Å². The first-order chi connectivity index (χ1) is 15.6. The van der Waals surface area contributed by atoms with Crippen LogP contribution in [0.5, 0.6) is 0 Å². The molecule has 4 aromatic rings. The molecule has 0 atom stereocenters. The lowest BCUT2D eigenvalue weighted by Gasteiger charge is -2.30. The minimum atomic E-state index is -0.162. The first kappa shape index (κ1) is 21.3. The first-order valence-corrected chi connectivity index (χ1v) is 13.5. The van der Waals surface area contributed by atoms with Gasteiger partial charge >= 0.3 is 0 Å². The van der Waals surface area contributed by atoms with E-state index in [1.54, 1.807) is 19.4 Å². The second-order valence-corrected chi connectivity index (χ2v) is 9.22. The molecule has 0 aliphatic carbocycles. The highest BCUT2D eigenvalue weighted by Gasteiger charge is 2.20. The minimum absolute atomic E-state index is 0.162. The van der Waals surface area contributed by atoms with Crippen LogP contribution in [-0.2, 0) is 4.74 Å². The molecule has 1 amide bonds. The van der Waals surface area contributed by atoms with E-state index in [1.807, 2.05) is 16.1 Å². The lowest BCUT2D eigenvalue weighted by Crippen LogP contribution is -2.36. The van der Waals surface area contributed by atoms with Gasteiger partial charge in [-0.05, 0) is 23.8 Å². The van der Waals surface area contributed by atoms with Crippen molar-refractivity contribution in [2.75, 3.05) is 44.0 Å². The van der Waals surface area contributed by atoms with Crippen molar-refractivity contribution in [1.82, 2.24) is 19.3 Å². The molecule has 164 valence electrons. The Balaban J connectivity index is 1.71. The van der Waals surface area contributed by atoms with Crippen LogP contribution in [-0.4, -0.2) is 53.2 Å². The van der Waals surface area contributed by atoms with E-state index in [9.17, 15) is 4.79 Å². The molecule has 1 aromatic carbocycles. The number of nitrogens with two attached hydrogens (primary N) is 1. The van der Waals surface area contributed by atoms with Gasteiger partial charge in [-0.1, -0.05) is 6.07 Å². The highest BCUT2D eigenvalue weighted by molar-refractivity contribution is 14.2. The van der Waals surface area contributed by atoms with Gasteiger partial charge in [-0.15, -0.1) is 0 Å². The van der Waals surface area contributed by atoms with Crippen molar-refractivity contribution in [2.45, 2.75) is 0 Å². The van der Waals surface area contributed by atoms with Gasteiger partial charge in [-0.25, -0.2) is 4.98 Å². The summed E-state index contributed by atoms with van der Waals surface area (Å²) in [6.45, 7) is 2.93. The maximum absolute atomic E-state index is 12.2. The van der Waals surface area contributed by atoms with E-state index in [2.05, 4.69) is 59.7 Å². The number of amides is 1. The van der Waals surface area contributed by atoms with Crippen molar-refractivity contribution in [3.8, 4) is 11.1 Å². The molecule has 4 heterocycles. The summed E-state index contributed by atoms with van der Waals surface area (Å²) in [6, 6.07) is 8.10. The summed E-state index contributed by atoms with van der Waals surface area (Å²) in [6.07, 6.45) is 5.39. The number of hydrogen-bond acceptors (Lipinski definition) is 7. The SMILES string of the molecule is CNC(=O)c1cnc2c(c1)c(-c1ccc3ncc(N)c(N4CCOCC4)c3c1)cn2SI. The summed E-state index contributed by atoms with van der Waals surface area (Å²) in [4.78, 5) is 23.6. The number of morpholine rings is 1. The van der Waals surface area contributed by atoms with Gasteiger partial charge < -0.3 is 20.7 Å². The van der Waals surface area contributed by atoms with E-state index in [0.29, 0.717) is 24.5 Å². The van der Waals surface area contributed by atoms with Crippen LogP contribution in [0.3, 0.4) is 0 Å². The Morgan fingerprint density at radius 2 is 2.00 bits per heavy atom. The number of halogens is 1. The van der Waals surface area contributed by atoms with E-state index in [-0.39, 0.29) is 5.91 Å². The highest BCUT2D eigenvalue weighted by atomic mass is 127. The number of pyridine rings is 2. The summed E-state index contributed by atoms with van der Waals surface area (Å²) in [5.41, 5.74) is 12.3. The molecule has 1 aliphatic rings. The zero-order valence-corrected chi connectivity index (χ0v) is 20.3. The fourth-order valence-corrected chi connectivity index (χ4v) is 5.39. The fourth-order valence-electron chi connectivity index (χ4n) is 4.13. The summed E-state index contributed by atoms with van der Waals surface area (Å²) in [7, 11) is 3.15. The van der Waals surface area contributed by atoms with Crippen molar-refractivity contribution >= 4 is 69.5 Å². The standard InChI is InChI=1S/C22H21IN6O2S/c1-25-22(30)14-9-15-17(12-29(32-23)21(15)27-10-14)13-2-3-19-16(8-13)20(18(24)11-26-19)28-4-6-31-7-5-28/h2-3,8-12H,4-7,24H2,1H3,(H,25,30). The molecule has 0 saturated carbocycles. The zero-order chi connectivity index (χ0) is 22.2. The van der Waals surface area contributed by atoms with Crippen LogP contribution in [0.4, 0.5) is 11.4 Å². The average Bonchev–Trinajstić information content (AvgIpc) is 3.21. The van der Waals surface area contributed by atoms with Gasteiger partial charge in [-0.3, -0.25) is 13.8 Å². The Bertz CT molecular complexity index is 1340. The number of carbonyl (C=O) groups excluding carboxylic acids is 1. The van der Waals surface area contributed by atoms with E-state index in [0.717, 1.165) is 51.8 Å². The highest BCUT2D eigenvalue weighted by Crippen LogP contribution is 2.38. The van der Waals surface area contributed by atoms with E-state index in [4.69, 9.17) is 10.5 Å². The Morgan fingerprint density at radius 1 is 1.19 bits per heavy atom. The summed E-state index contributed by atoms with van der Waals surface area (Å²) in [5, 5.41) is 4.59. The Labute approximate surface area is 201 Å². The zero-order valence-electron chi connectivity index (χ0n) is 17.3. The Kier molecular flexibility index (Phi) is 5.82. The number of nitrogen functional groups attached to an aromatic ring is 1. The van der Waals surface area contributed by atoms with Gasteiger partial charge in [0.1, 0.15) is 0 Å². The minimum Gasteiger partial charge on any atom is -0.396 e. The quantitative estimate of drug-likeness (QED) is 0.366. The summed E-state index contributed by atoms with van der Waals surface area (Å²) >= 11 is 2.23. The number of hydrogen-bond donors (Lipinski definition) is 2. The molecule has 3 N–H and O–H groups in total. The molecule has 10 heteroatoms. The number of anilines is 2. The van der Waals surface area contributed by atoms with E-state index in [1.165, 1.54) is 9.12 Å². The van der Waals surface area contributed by atoms with Crippen molar-refractivity contribution < 1.29 is 9.53 Å². The van der Waals surface area contributed by atoms with Crippen LogP contribution in [0.15, 0.2) is 42.9 Å².